The minimum Gasteiger partial charge on any atom is -0.335 e. The fraction of sp³-hybridized carbons (Fsp3) is 0.867. The van der Waals surface area contributed by atoms with Gasteiger partial charge in [-0.2, -0.15) is 0 Å². The molecule has 2 rings (SSSR count). The minimum atomic E-state index is -0.474. The van der Waals surface area contributed by atoms with Gasteiger partial charge in [-0.3, -0.25) is 9.59 Å². The molecule has 6 nitrogen and oxygen atoms in total. The summed E-state index contributed by atoms with van der Waals surface area (Å²) in [4.78, 5) is 28.2. The van der Waals surface area contributed by atoms with E-state index in [0.717, 1.165) is 5.75 Å². The fourth-order valence-corrected chi connectivity index (χ4v) is 4.33. The molecule has 2 aliphatic rings. The summed E-state index contributed by atoms with van der Waals surface area (Å²) in [6.45, 7) is 9.64. The van der Waals surface area contributed by atoms with E-state index in [-0.39, 0.29) is 28.5 Å². The second kappa shape index (κ2) is 6.37. The Bertz CT molecular complexity index is 449. The first kappa shape index (κ1) is 17.6. The standard InChI is InChI=1S/C15H28N4O2S/c1-9(2)11(16)13(20)18-7-15(8-18)19(5-6-22-15)14(21)12(17)10(3)4/h9-12H,5-8,16-17H2,1-4H3/t11-,12+/m1/s1. The molecular weight excluding hydrogens is 300 g/mol. The second-order valence-electron chi connectivity index (χ2n) is 7.02. The molecule has 0 aromatic heterocycles. The number of carbonyl (C=O) groups excluding carboxylic acids is 2. The van der Waals surface area contributed by atoms with Gasteiger partial charge >= 0.3 is 0 Å². The summed E-state index contributed by atoms with van der Waals surface area (Å²) in [6, 6.07) is -0.941. The summed E-state index contributed by atoms with van der Waals surface area (Å²) in [5.74, 6) is 1.11. The summed E-state index contributed by atoms with van der Waals surface area (Å²) in [5.41, 5.74) is 12.0. The van der Waals surface area contributed by atoms with Crippen LogP contribution in [0.15, 0.2) is 0 Å². The predicted octanol–water partition coefficient (Wildman–Crippen LogP) is 0.0669. The zero-order valence-corrected chi connectivity index (χ0v) is 14.7. The zero-order chi connectivity index (χ0) is 16.7. The molecule has 1 spiro atoms. The predicted molar refractivity (Wildman–Crippen MR) is 89.1 cm³/mol. The Morgan fingerprint density at radius 3 is 2.00 bits per heavy atom. The highest BCUT2D eigenvalue weighted by molar-refractivity contribution is 8.01. The Morgan fingerprint density at radius 1 is 1.00 bits per heavy atom. The Labute approximate surface area is 136 Å². The summed E-state index contributed by atoms with van der Waals surface area (Å²) in [5, 5.41) is 0. The lowest BCUT2D eigenvalue weighted by atomic mass is 9.97. The number of hydrogen-bond donors (Lipinski definition) is 2. The Hall–Kier alpha value is -0.790. The summed E-state index contributed by atoms with van der Waals surface area (Å²) in [7, 11) is 0. The van der Waals surface area contributed by atoms with Crippen LogP contribution in [-0.4, -0.2) is 64.0 Å². The normalized spacial score (nSPS) is 23.1. The van der Waals surface area contributed by atoms with Crippen molar-refractivity contribution in [1.82, 2.24) is 9.80 Å². The van der Waals surface area contributed by atoms with E-state index in [1.165, 1.54) is 0 Å². The largest absolute Gasteiger partial charge is 0.335 e. The van der Waals surface area contributed by atoms with Crippen molar-refractivity contribution in [1.29, 1.82) is 0 Å². The third-order valence-electron chi connectivity index (χ3n) is 4.64. The van der Waals surface area contributed by atoms with Gasteiger partial charge in [0, 0.05) is 12.3 Å². The average molecular weight is 328 g/mol. The van der Waals surface area contributed by atoms with Gasteiger partial charge in [0.1, 0.15) is 4.87 Å². The lowest BCUT2D eigenvalue weighted by molar-refractivity contribution is -0.150. The number of hydrogen-bond acceptors (Lipinski definition) is 5. The van der Waals surface area contributed by atoms with Crippen LogP contribution < -0.4 is 11.5 Å². The van der Waals surface area contributed by atoms with Crippen LogP contribution in [0.5, 0.6) is 0 Å². The minimum absolute atomic E-state index is 0.000238. The molecule has 7 heteroatoms. The monoisotopic (exact) mass is 328 g/mol. The van der Waals surface area contributed by atoms with Crippen LogP contribution in [-0.2, 0) is 9.59 Å². The van der Waals surface area contributed by atoms with Gasteiger partial charge in [0.05, 0.1) is 25.2 Å². The van der Waals surface area contributed by atoms with Gasteiger partial charge < -0.3 is 21.3 Å². The summed E-state index contributed by atoms with van der Waals surface area (Å²) >= 11 is 1.75. The Morgan fingerprint density at radius 2 is 1.50 bits per heavy atom. The molecule has 0 aliphatic carbocycles. The van der Waals surface area contributed by atoms with E-state index in [0.29, 0.717) is 19.6 Å². The van der Waals surface area contributed by atoms with Crippen molar-refractivity contribution in [2.75, 3.05) is 25.4 Å². The maximum absolute atomic E-state index is 12.6. The number of rotatable bonds is 4. The van der Waals surface area contributed by atoms with Gasteiger partial charge in [-0.05, 0) is 11.8 Å². The van der Waals surface area contributed by atoms with E-state index < -0.39 is 12.1 Å². The molecule has 22 heavy (non-hydrogen) atoms. The van der Waals surface area contributed by atoms with Crippen LogP contribution in [0.25, 0.3) is 0 Å². The van der Waals surface area contributed by atoms with Crippen molar-refractivity contribution in [3.05, 3.63) is 0 Å². The molecule has 0 radical (unpaired) electrons. The van der Waals surface area contributed by atoms with Crippen molar-refractivity contribution in [2.45, 2.75) is 44.6 Å². The molecule has 0 aromatic rings. The van der Waals surface area contributed by atoms with E-state index in [9.17, 15) is 9.59 Å². The van der Waals surface area contributed by atoms with Crippen LogP contribution in [0.2, 0.25) is 0 Å². The number of amides is 2. The van der Waals surface area contributed by atoms with E-state index >= 15 is 0 Å². The van der Waals surface area contributed by atoms with Gasteiger partial charge in [0.25, 0.3) is 0 Å². The lowest BCUT2D eigenvalue weighted by Crippen LogP contribution is -2.71. The highest BCUT2D eigenvalue weighted by atomic mass is 32.2. The lowest BCUT2D eigenvalue weighted by Gasteiger charge is -2.52. The van der Waals surface area contributed by atoms with Crippen LogP contribution in [0.1, 0.15) is 27.7 Å². The zero-order valence-electron chi connectivity index (χ0n) is 13.9. The van der Waals surface area contributed by atoms with E-state index in [1.807, 2.05) is 32.6 Å². The number of thioether (sulfide) groups is 1. The van der Waals surface area contributed by atoms with E-state index in [1.54, 1.807) is 16.7 Å². The van der Waals surface area contributed by atoms with E-state index in [4.69, 9.17) is 11.5 Å². The highest BCUT2D eigenvalue weighted by Crippen LogP contribution is 2.43. The smallest absolute Gasteiger partial charge is 0.241 e. The number of carbonyl (C=O) groups is 2. The molecular formula is C15H28N4O2S. The van der Waals surface area contributed by atoms with Gasteiger partial charge in [-0.1, -0.05) is 27.7 Å². The van der Waals surface area contributed by atoms with Gasteiger partial charge in [0.2, 0.25) is 11.8 Å². The molecule has 0 aromatic carbocycles. The summed E-state index contributed by atoms with van der Waals surface area (Å²) < 4.78 is 0. The highest BCUT2D eigenvalue weighted by Gasteiger charge is 2.55. The molecule has 126 valence electrons. The van der Waals surface area contributed by atoms with Crippen molar-refractivity contribution in [3.8, 4) is 0 Å². The van der Waals surface area contributed by atoms with Gasteiger partial charge in [-0.15, -0.1) is 11.8 Å². The van der Waals surface area contributed by atoms with Crippen LogP contribution >= 0.6 is 11.8 Å². The van der Waals surface area contributed by atoms with Crippen LogP contribution in [0.4, 0.5) is 0 Å². The molecule has 0 saturated carbocycles. The van der Waals surface area contributed by atoms with Gasteiger partial charge in [0.15, 0.2) is 0 Å². The molecule has 2 heterocycles. The molecule has 0 unspecified atom stereocenters. The second-order valence-corrected chi connectivity index (χ2v) is 8.48. The Kier molecular flexibility index (Phi) is 5.09. The van der Waals surface area contributed by atoms with Crippen LogP contribution in [0, 0.1) is 11.8 Å². The molecule has 4 N–H and O–H groups in total. The average Bonchev–Trinajstić information content (AvgIpc) is 2.86. The molecule has 2 fully saturated rings. The van der Waals surface area contributed by atoms with Crippen molar-refractivity contribution in [3.63, 3.8) is 0 Å². The summed E-state index contributed by atoms with van der Waals surface area (Å²) in [6.07, 6.45) is 0. The number of likely N-dealkylation sites (tertiary alicyclic amines) is 1. The number of nitrogens with zero attached hydrogens (tertiary/aromatic N) is 2. The third-order valence-corrected chi connectivity index (χ3v) is 6.04. The Balaban J connectivity index is 2.01. The quantitative estimate of drug-likeness (QED) is 0.762. The fourth-order valence-electron chi connectivity index (χ4n) is 2.85. The molecule has 2 aliphatic heterocycles. The first-order valence-electron chi connectivity index (χ1n) is 7.95. The van der Waals surface area contributed by atoms with Crippen molar-refractivity contribution in [2.24, 2.45) is 23.3 Å². The van der Waals surface area contributed by atoms with Crippen molar-refractivity contribution < 1.29 is 9.59 Å². The molecule has 2 atom stereocenters. The maximum Gasteiger partial charge on any atom is 0.241 e. The maximum atomic E-state index is 12.6. The topological polar surface area (TPSA) is 92.7 Å². The number of nitrogens with two attached hydrogens (primary N) is 2. The molecule has 2 amide bonds. The molecule has 0 bridgehead atoms. The van der Waals surface area contributed by atoms with Gasteiger partial charge in [-0.25, -0.2) is 0 Å². The van der Waals surface area contributed by atoms with Crippen molar-refractivity contribution >= 4 is 23.6 Å². The SMILES string of the molecule is CC(C)[C@H](N)C(=O)N1CCSC12CN(C(=O)[C@H](N)C(C)C)C2. The first-order chi connectivity index (χ1) is 10.2. The third kappa shape index (κ3) is 2.98. The van der Waals surface area contributed by atoms with E-state index in [2.05, 4.69) is 0 Å². The first-order valence-corrected chi connectivity index (χ1v) is 8.93. The molecule has 2 saturated heterocycles. The van der Waals surface area contributed by atoms with Crippen LogP contribution in [0.3, 0.4) is 0 Å².